The summed E-state index contributed by atoms with van der Waals surface area (Å²) in [5.74, 6) is 0. The van der Waals surface area contributed by atoms with Crippen LogP contribution in [0.2, 0.25) is 12.6 Å². The van der Waals surface area contributed by atoms with E-state index in [2.05, 4.69) is 37.4 Å². The van der Waals surface area contributed by atoms with Crippen LogP contribution in [0.25, 0.3) is 6.08 Å². The van der Waals surface area contributed by atoms with Crippen molar-refractivity contribution in [2.24, 2.45) is 0 Å². The minimum Gasteiger partial charge on any atom is -0.0985 e. The first-order valence-electron chi connectivity index (χ1n) is 4.23. The van der Waals surface area contributed by atoms with Gasteiger partial charge in [0.2, 0.25) is 0 Å². The van der Waals surface area contributed by atoms with Gasteiger partial charge in [-0.3, -0.25) is 0 Å². The molecule has 62 valence electrons. The molecule has 12 heavy (non-hydrogen) atoms. The molecule has 1 aromatic carbocycles. The molecular weight excluding hydrogens is 160 g/mol. The van der Waals surface area contributed by atoms with E-state index in [1.807, 2.05) is 6.08 Å². The van der Waals surface area contributed by atoms with E-state index in [-0.39, 0.29) is 0 Å². The van der Waals surface area contributed by atoms with E-state index < -0.39 is 0 Å². The second kappa shape index (κ2) is 4.94. The Morgan fingerprint density at radius 2 is 2.17 bits per heavy atom. The highest BCUT2D eigenvalue weighted by Crippen LogP contribution is 2.11. The van der Waals surface area contributed by atoms with Gasteiger partial charge in [-0.2, -0.15) is 0 Å². The molecule has 0 atom stereocenters. The Bertz CT molecular complexity index is 253. The Kier molecular flexibility index (Phi) is 3.81. The zero-order valence-electron chi connectivity index (χ0n) is 7.51. The van der Waals surface area contributed by atoms with Gasteiger partial charge in [0.25, 0.3) is 0 Å². The average molecular weight is 174 g/mol. The molecule has 0 spiro atoms. The second-order valence-electron chi connectivity index (χ2n) is 2.76. The van der Waals surface area contributed by atoms with Crippen LogP contribution in [-0.2, 0) is 6.42 Å². The van der Waals surface area contributed by atoms with E-state index in [9.17, 15) is 0 Å². The summed E-state index contributed by atoms with van der Waals surface area (Å²) < 4.78 is 0. The molecule has 0 aliphatic carbocycles. The molecule has 0 bridgehead atoms. The Labute approximate surface area is 77.1 Å². The van der Waals surface area contributed by atoms with Gasteiger partial charge in [-0.15, -0.1) is 0 Å². The summed E-state index contributed by atoms with van der Waals surface area (Å²) in [4.78, 5) is 0. The van der Waals surface area contributed by atoms with Crippen LogP contribution >= 0.6 is 0 Å². The number of benzene rings is 1. The van der Waals surface area contributed by atoms with Crippen molar-refractivity contribution in [1.82, 2.24) is 0 Å². The first-order valence-corrected chi connectivity index (χ1v) is 5.94. The number of rotatable bonds is 4. The fourth-order valence-corrected chi connectivity index (χ4v) is 1.74. The molecule has 0 N–H and O–H groups in total. The summed E-state index contributed by atoms with van der Waals surface area (Å²) >= 11 is 0. The maximum absolute atomic E-state index is 3.80. The maximum Gasteiger partial charge on any atom is 0.0346 e. The van der Waals surface area contributed by atoms with E-state index in [0.717, 1.165) is 9.52 Å². The van der Waals surface area contributed by atoms with Crippen molar-refractivity contribution in [2.45, 2.75) is 19.0 Å². The van der Waals surface area contributed by atoms with E-state index in [4.69, 9.17) is 0 Å². The maximum atomic E-state index is 3.80. The van der Waals surface area contributed by atoms with Crippen molar-refractivity contribution in [1.29, 1.82) is 0 Å². The lowest BCUT2D eigenvalue weighted by Crippen LogP contribution is -1.91. The Morgan fingerprint density at radius 3 is 2.83 bits per heavy atom. The quantitative estimate of drug-likeness (QED) is 0.615. The normalized spacial score (nSPS) is 9.75. The molecule has 0 aliphatic heterocycles. The van der Waals surface area contributed by atoms with Crippen molar-refractivity contribution in [3.05, 3.63) is 42.0 Å². The van der Waals surface area contributed by atoms with Gasteiger partial charge >= 0.3 is 0 Å². The lowest BCUT2D eigenvalue weighted by molar-refractivity contribution is 1.12. The highest BCUT2D eigenvalue weighted by molar-refractivity contribution is 6.33. The molecule has 0 nitrogen and oxygen atoms in total. The monoisotopic (exact) mass is 174 g/mol. The molecule has 0 heterocycles. The van der Waals surface area contributed by atoms with Gasteiger partial charge < -0.3 is 0 Å². The van der Waals surface area contributed by atoms with E-state index in [1.54, 1.807) is 0 Å². The van der Waals surface area contributed by atoms with Crippen LogP contribution in [-0.4, -0.2) is 9.52 Å². The first kappa shape index (κ1) is 9.27. The standard InChI is InChI=1S/C11H14Si/c1-3-10-6-4-5-7-11(10)8-9-12-2/h3-7H,1,8-9H2,2H3. The minimum absolute atomic E-state index is 1.05. The molecule has 0 unspecified atom stereocenters. The summed E-state index contributed by atoms with van der Waals surface area (Å²) in [6.45, 7) is 6.05. The number of hydrogen-bond donors (Lipinski definition) is 0. The zero-order chi connectivity index (χ0) is 8.81. The third kappa shape index (κ3) is 2.34. The average Bonchev–Trinajstić information content (AvgIpc) is 2.15. The Balaban J connectivity index is 2.75. The molecular formula is C11H14Si. The van der Waals surface area contributed by atoms with Crippen molar-refractivity contribution in [3.8, 4) is 0 Å². The van der Waals surface area contributed by atoms with Gasteiger partial charge in [-0.25, -0.2) is 0 Å². The Hall–Kier alpha value is -0.823. The van der Waals surface area contributed by atoms with Gasteiger partial charge in [0, 0.05) is 9.52 Å². The van der Waals surface area contributed by atoms with Gasteiger partial charge in [-0.1, -0.05) is 49.5 Å². The summed E-state index contributed by atoms with van der Waals surface area (Å²) in [6, 6.07) is 9.78. The summed E-state index contributed by atoms with van der Waals surface area (Å²) in [7, 11) is 1.05. The summed E-state index contributed by atoms with van der Waals surface area (Å²) in [5.41, 5.74) is 2.72. The van der Waals surface area contributed by atoms with E-state index in [1.165, 1.54) is 23.6 Å². The molecule has 0 amide bonds. The fraction of sp³-hybridized carbons (Fsp3) is 0.273. The van der Waals surface area contributed by atoms with Crippen LogP contribution in [0.5, 0.6) is 0 Å². The second-order valence-corrected chi connectivity index (χ2v) is 3.96. The van der Waals surface area contributed by atoms with Gasteiger partial charge in [-0.05, 0) is 17.5 Å². The van der Waals surface area contributed by atoms with Crippen LogP contribution in [0.3, 0.4) is 0 Å². The van der Waals surface area contributed by atoms with Crippen LogP contribution in [0.1, 0.15) is 11.1 Å². The lowest BCUT2D eigenvalue weighted by Gasteiger charge is -2.03. The van der Waals surface area contributed by atoms with Crippen molar-refractivity contribution < 1.29 is 0 Å². The third-order valence-corrected chi connectivity index (χ3v) is 2.67. The molecule has 1 heteroatoms. The zero-order valence-corrected chi connectivity index (χ0v) is 8.51. The molecule has 1 rings (SSSR count). The molecule has 2 radical (unpaired) electrons. The molecule has 1 aromatic rings. The van der Waals surface area contributed by atoms with Crippen LogP contribution in [0.15, 0.2) is 30.8 Å². The SMILES string of the molecule is C=Cc1ccccc1CC[Si]C. The molecule has 0 saturated carbocycles. The van der Waals surface area contributed by atoms with Gasteiger partial charge in [0.05, 0.1) is 0 Å². The number of hydrogen-bond acceptors (Lipinski definition) is 0. The predicted octanol–water partition coefficient (Wildman–Crippen LogP) is 3.04. The van der Waals surface area contributed by atoms with Crippen LogP contribution in [0.4, 0.5) is 0 Å². The fourth-order valence-electron chi connectivity index (χ4n) is 1.22. The molecule has 0 aromatic heterocycles. The first-order chi connectivity index (χ1) is 5.88. The summed E-state index contributed by atoms with van der Waals surface area (Å²) in [5, 5.41) is 0. The third-order valence-electron chi connectivity index (χ3n) is 1.92. The Morgan fingerprint density at radius 1 is 1.42 bits per heavy atom. The van der Waals surface area contributed by atoms with Crippen LogP contribution < -0.4 is 0 Å². The smallest absolute Gasteiger partial charge is 0.0346 e. The molecule has 0 fully saturated rings. The molecule has 0 aliphatic rings. The van der Waals surface area contributed by atoms with Crippen molar-refractivity contribution in [2.75, 3.05) is 0 Å². The predicted molar refractivity (Wildman–Crippen MR) is 56.7 cm³/mol. The highest BCUT2D eigenvalue weighted by atomic mass is 28.2. The lowest BCUT2D eigenvalue weighted by atomic mass is 10.1. The van der Waals surface area contributed by atoms with Gasteiger partial charge in [0.15, 0.2) is 0 Å². The van der Waals surface area contributed by atoms with Gasteiger partial charge in [0.1, 0.15) is 0 Å². The topological polar surface area (TPSA) is 0 Å². The van der Waals surface area contributed by atoms with Crippen molar-refractivity contribution >= 4 is 15.6 Å². The summed E-state index contributed by atoms with van der Waals surface area (Å²) in [6.07, 6.45) is 3.13. The number of aryl methyl sites for hydroxylation is 1. The van der Waals surface area contributed by atoms with Crippen molar-refractivity contribution in [3.63, 3.8) is 0 Å². The van der Waals surface area contributed by atoms with E-state index in [0.29, 0.717) is 0 Å². The van der Waals surface area contributed by atoms with Crippen LogP contribution in [0, 0.1) is 0 Å². The largest absolute Gasteiger partial charge is 0.0985 e. The highest BCUT2D eigenvalue weighted by Gasteiger charge is 1.96. The minimum atomic E-state index is 1.05. The van der Waals surface area contributed by atoms with E-state index >= 15 is 0 Å². The molecule has 0 saturated heterocycles.